The lowest BCUT2D eigenvalue weighted by molar-refractivity contribution is -0.131. The van der Waals surface area contributed by atoms with Gasteiger partial charge in [0.1, 0.15) is 0 Å². The Kier molecular flexibility index (Phi) is 6.63. The fourth-order valence-corrected chi connectivity index (χ4v) is 3.86. The van der Waals surface area contributed by atoms with E-state index in [0.29, 0.717) is 43.2 Å². The van der Waals surface area contributed by atoms with Crippen molar-refractivity contribution in [3.63, 3.8) is 0 Å². The summed E-state index contributed by atoms with van der Waals surface area (Å²) in [4.78, 5) is 32.7. The van der Waals surface area contributed by atoms with Crippen molar-refractivity contribution in [2.24, 2.45) is 0 Å². The summed E-state index contributed by atoms with van der Waals surface area (Å²) >= 11 is 0. The van der Waals surface area contributed by atoms with Gasteiger partial charge in [0.05, 0.1) is 0 Å². The number of aryl methyl sites for hydroxylation is 2. The molecule has 1 aromatic heterocycles. The quantitative estimate of drug-likeness (QED) is 0.529. The van der Waals surface area contributed by atoms with Crippen LogP contribution in [0.2, 0.25) is 0 Å². The molecular formula is C25H28N4O3. The van der Waals surface area contributed by atoms with Crippen LogP contribution in [0.5, 0.6) is 0 Å². The van der Waals surface area contributed by atoms with Gasteiger partial charge >= 0.3 is 0 Å². The number of benzene rings is 2. The molecule has 166 valence electrons. The highest BCUT2D eigenvalue weighted by Crippen LogP contribution is 2.19. The lowest BCUT2D eigenvalue weighted by Gasteiger charge is -2.36. The first kappa shape index (κ1) is 21.7. The molecular weight excluding hydrogens is 404 g/mol. The standard InChI is InChI=1S/C25H28N4O3/c1-3-19-4-6-21(7-5-19)25-26-23(32-27-25)12-13-24(31)29-16-14-28(15-17-29)22-10-8-20(9-11-22)18(2)30/h4-11H,3,12-17H2,1-2H3. The molecule has 1 aliphatic rings. The zero-order valence-electron chi connectivity index (χ0n) is 18.6. The Bertz CT molecular complexity index is 1070. The van der Waals surface area contributed by atoms with Gasteiger partial charge in [-0.3, -0.25) is 9.59 Å². The Morgan fingerprint density at radius 3 is 2.28 bits per heavy atom. The molecule has 7 heteroatoms. The normalized spacial score (nSPS) is 13.9. The molecule has 0 N–H and O–H groups in total. The van der Waals surface area contributed by atoms with Crippen LogP contribution >= 0.6 is 0 Å². The number of rotatable bonds is 7. The molecule has 0 spiro atoms. The molecule has 1 aliphatic heterocycles. The zero-order valence-corrected chi connectivity index (χ0v) is 18.6. The molecule has 7 nitrogen and oxygen atoms in total. The summed E-state index contributed by atoms with van der Waals surface area (Å²) in [6, 6.07) is 15.8. The van der Waals surface area contributed by atoms with Crippen LogP contribution in [0.4, 0.5) is 5.69 Å². The van der Waals surface area contributed by atoms with E-state index in [4.69, 9.17) is 4.52 Å². The number of ketones is 1. The molecule has 2 heterocycles. The van der Waals surface area contributed by atoms with E-state index in [2.05, 4.69) is 34.1 Å². The monoisotopic (exact) mass is 432 g/mol. The van der Waals surface area contributed by atoms with Crippen molar-refractivity contribution in [3.8, 4) is 11.4 Å². The summed E-state index contributed by atoms with van der Waals surface area (Å²) in [5.41, 5.74) is 3.96. The van der Waals surface area contributed by atoms with E-state index in [9.17, 15) is 9.59 Å². The molecule has 1 fully saturated rings. The van der Waals surface area contributed by atoms with Gasteiger partial charge in [-0.2, -0.15) is 4.98 Å². The number of amides is 1. The number of carbonyl (C=O) groups excluding carboxylic acids is 2. The third-order valence-corrected chi connectivity index (χ3v) is 5.91. The number of Topliss-reactive ketones (excluding diaryl/α,β-unsaturated/α-hetero) is 1. The maximum absolute atomic E-state index is 12.7. The van der Waals surface area contributed by atoms with Crippen molar-refractivity contribution >= 4 is 17.4 Å². The Morgan fingerprint density at radius 1 is 0.969 bits per heavy atom. The average molecular weight is 433 g/mol. The van der Waals surface area contributed by atoms with Crippen LogP contribution in [-0.4, -0.2) is 52.9 Å². The van der Waals surface area contributed by atoms with E-state index in [1.54, 1.807) is 6.92 Å². The molecule has 1 saturated heterocycles. The van der Waals surface area contributed by atoms with Crippen molar-refractivity contribution < 1.29 is 14.1 Å². The molecule has 4 rings (SSSR count). The summed E-state index contributed by atoms with van der Waals surface area (Å²) in [5.74, 6) is 1.20. The largest absolute Gasteiger partial charge is 0.368 e. The van der Waals surface area contributed by atoms with Gasteiger partial charge in [0.25, 0.3) is 0 Å². The molecule has 0 atom stereocenters. The van der Waals surface area contributed by atoms with E-state index in [1.807, 2.05) is 41.3 Å². The van der Waals surface area contributed by atoms with Gasteiger partial charge in [-0.05, 0) is 43.2 Å². The summed E-state index contributed by atoms with van der Waals surface area (Å²) < 4.78 is 5.35. The van der Waals surface area contributed by atoms with E-state index in [-0.39, 0.29) is 11.7 Å². The van der Waals surface area contributed by atoms with Crippen LogP contribution in [0.15, 0.2) is 53.1 Å². The van der Waals surface area contributed by atoms with Gasteiger partial charge in [-0.15, -0.1) is 0 Å². The Morgan fingerprint density at radius 2 is 1.66 bits per heavy atom. The van der Waals surface area contributed by atoms with Crippen molar-refractivity contribution in [2.75, 3.05) is 31.1 Å². The lowest BCUT2D eigenvalue weighted by atomic mass is 10.1. The van der Waals surface area contributed by atoms with Crippen LogP contribution in [-0.2, 0) is 17.6 Å². The fraction of sp³-hybridized carbons (Fsp3) is 0.360. The average Bonchev–Trinajstić information content (AvgIpc) is 3.32. The minimum atomic E-state index is 0.0646. The van der Waals surface area contributed by atoms with Crippen LogP contribution in [0.25, 0.3) is 11.4 Å². The van der Waals surface area contributed by atoms with E-state index < -0.39 is 0 Å². The van der Waals surface area contributed by atoms with Crippen molar-refractivity contribution in [1.82, 2.24) is 15.0 Å². The Hall–Kier alpha value is -3.48. The Balaban J connectivity index is 1.26. The minimum Gasteiger partial charge on any atom is -0.368 e. The van der Waals surface area contributed by atoms with Gasteiger partial charge in [-0.1, -0.05) is 36.3 Å². The number of anilines is 1. The maximum Gasteiger partial charge on any atom is 0.227 e. The minimum absolute atomic E-state index is 0.0646. The number of nitrogens with zero attached hydrogens (tertiary/aromatic N) is 4. The van der Waals surface area contributed by atoms with Gasteiger partial charge in [0.2, 0.25) is 17.6 Å². The SMILES string of the molecule is CCc1ccc(-c2noc(CCC(=O)N3CCN(c4ccc(C(C)=O)cc4)CC3)n2)cc1. The molecule has 2 aromatic carbocycles. The molecule has 0 bridgehead atoms. The van der Waals surface area contributed by atoms with E-state index >= 15 is 0 Å². The molecule has 0 saturated carbocycles. The van der Waals surface area contributed by atoms with Crippen LogP contribution in [0, 0.1) is 0 Å². The molecule has 3 aromatic rings. The van der Waals surface area contributed by atoms with Crippen LogP contribution < -0.4 is 4.90 Å². The van der Waals surface area contributed by atoms with Crippen LogP contribution in [0.3, 0.4) is 0 Å². The van der Waals surface area contributed by atoms with Crippen molar-refractivity contribution in [1.29, 1.82) is 0 Å². The Labute approximate surface area is 188 Å². The number of hydrogen-bond acceptors (Lipinski definition) is 6. The topological polar surface area (TPSA) is 79.5 Å². The van der Waals surface area contributed by atoms with Crippen molar-refractivity contribution in [2.45, 2.75) is 33.1 Å². The van der Waals surface area contributed by atoms with E-state index in [0.717, 1.165) is 30.8 Å². The molecule has 0 radical (unpaired) electrons. The number of hydrogen-bond donors (Lipinski definition) is 0. The summed E-state index contributed by atoms with van der Waals surface area (Å²) in [6.07, 6.45) is 1.77. The molecule has 0 aliphatic carbocycles. The zero-order chi connectivity index (χ0) is 22.5. The van der Waals surface area contributed by atoms with Crippen molar-refractivity contribution in [3.05, 3.63) is 65.5 Å². The van der Waals surface area contributed by atoms with Gasteiger partial charge < -0.3 is 14.3 Å². The van der Waals surface area contributed by atoms with Gasteiger partial charge in [0, 0.05) is 55.8 Å². The molecule has 1 amide bonds. The lowest BCUT2D eigenvalue weighted by Crippen LogP contribution is -2.48. The molecule has 32 heavy (non-hydrogen) atoms. The summed E-state index contributed by atoms with van der Waals surface area (Å²) in [6.45, 7) is 6.56. The number of aromatic nitrogens is 2. The summed E-state index contributed by atoms with van der Waals surface area (Å²) in [5, 5.41) is 4.05. The third kappa shape index (κ3) is 5.04. The molecule has 0 unspecified atom stereocenters. The third-order valence-electron chi connectivity index (χ3n) is 5.91. The second kappa shape index (κ2) is 9.77. The highest BCUT2D eigenvalue weighted by atomic mass is 16.5. The fourth-order valence-electron chi connectivity index (χ4n) is 3.86. The maximum atomic E-state index is 12.7. The number of carbonyl (C=O) groups is 2. The predicted molar refractivity (Wildman–Crippen MR) is 123 cm³/mol. The second-order valence-electron chi connectivity index (χ2n) is 8.03. The first-order valence-corrected chi connectivity index (χ1v) is 11.1. The van der Waals surface area contributed by atoms with Crippen LogP contribution in [0.1, 0.15) is 42.1 Å². The second-order valence-corrected chi connectivity index (χ2v) is 8.03. The number of piperazine rings is 1. The van der Waals surface area contributed by atoms with Gasteiger partial charge in [0.15, 0.2) is 5.78 Å². The van der Waals surface area contributed by atoms with Gasteiger partial charge in [-0.25, -0.2) is 0 Å². The highest BCUT2D eigenvalue weighted by Gasteiger charge is 2.22. The smallest absolute Gasteiger partial charge is 0.227 e. The summed E-state index contributed by atoms with van der Waals surface area (Å²) in [7, 11) is 0. The first-order valence-electron chi connectivity index (χ1n) is 11.1. The van der Waals surface area contributed by atoms with E-state index in [1.165, 1.54) is 5.56 Å². The first-order chi connectivity index (χ1) is 15.5. The predicted octanol–water partition coefficient (Wildman–Crippen LogP) is 3.78. The highest BCUT2D eigenvalue weighted by molar-refractivity contribution is 5.94.